The van der Waals surface area contributed by atoms with Crippen molar-refractivity contribution in [2.45, 2.75) is 49.8 Å². The molecular weight excluding hydrogens is 881 g/mol. The Hall–Kier alpha value is -5.71. The monoisotopic (exact) mass is 932 g/mol. The highest BCUT2D eigenvalue weighted by atomic mass is 32.2. The maximum absolute atomic E-state index is 13.3. The van der Waals surface area contributed by atoms with Gasteiger partial charge in [-0.3, -0.25) is 49.1 Å². The van der Waals surface area contributed by atoms with Gasteiger partial charge in [0.1, 0.15) is 11.5 Å². The average molecular weight is 933 g/mol. The lowest BCUT2D eigenvalue weighted by Crippen LogP contribution is -2.54. The third-order valence-corrected chi connectivity index (χ3v) is 13.8. The summed E-state index contributed by atoms with van der Waals surface area (Å²) in [6, 6.07) is 19.8. The Labute approximate surface area is 380 Å². The maximum Gasteiger partial charge on any atom is 0.264 e. The van der Waals surface area contributed by atoms with Crippen molar-refractivity contribution in [2.24, 2.45) is 5.92 Å². The lowest BCUT2D eigenvalue weighted by molar-refractivity contribution is -0.136. The Kier molecular flexibility index (Phi) is 15.6. The van der Waals surface area contributed by atoms with E-state index in [9.17, 15) is 42.0 Å². The molecule has 4 heterocycles. The van der Waals surface area contributed by atoms with Gasteiger partial charge in [-0.2, -0.15) is 0 Å². The van der Waals surface area contributed by atoms with Crippen molar-refractivity contribution < 1.29 is 51.5 Å². The van der Waals surface area contributed by atoms with Crippen LogP contribution in [0.1, 0.15) is 63.6 Å². The van der Waals surface area contributed by atoms with Gasteiger partial charge in [-0.25, -0.2) is 12.7 Å². The Morgan fingerprint density at radius 3 is 2.38 bits per heavy atom. The molecule has 4 unspecified atom stereocenters. The summed E-state index contributed by atoms with van der Waals surface area (Å²) < 4.78 is 36.0. The second-order valence-corrected chi connectivity index (χ2v) is 19.1. The van der Waals surface area contributed by atoms with E-state index in [1.165, 1.54) is 10.4 Å². The molecule has 0 aromatic heterocycles. The van der Waals surface area contributed by atoms with Crippen LogP contribution in [0.15, 0.2) is 66.7 Å². The van der Waals surface area contributed by atoms with Crippen LogP contribution >= 0.6 is 11.8 Å². The molecule has 346 valence electrons. The Balaban J connectivity index is 0.762. The van der Waals surface area contributed by atoms with Gasteiger partial charge in [0.25, 0.3) is 11.8 Å². The molecule has 4 aliphatic rings. The molecule has 6 N–H and O–H groups in total. The molecule has 7 rings (SSSR count). The highest BCUT2D eigenvalue weighted by molar-refractivity contribution is 8.00. The molecule has 0 bridgehead atoms. The summed E-state index contributed by atoms with van der Waals surface area (Å²) in [5.74, 6) is -2.89. The minimum absolute atomic E-state index is 0.0283. The number of benzene rings is 3. The van der Waals surface area contributed by atoms with E-state index >= 15 is 0 Å². The Bertz CT molecular complexity index is 2440. The summed E-state index contributed by atoms with van der Waals surface area (Å²) in [6.07, 6.45) is 1.82. The number of carbonyl (C=O) groups is 7. The second kappa shape index (κ2) is 21.5. The van der Waals surface area contributed by atoms with Crippen LogP contribution in [-0.4, -0.2) is 135 Å². The van der Waals surface area contributed by atoms with Gasteiger partial charge in [-0.15, -0.1) is 11.8 Å². The number of nitrogens with zero attached hydrogens (tertiary/aromatic N) is 2. The van der Waals surface area contributed by atoms with Crippen LogP contribution in [-0.2, 0) is 50.0 Å². The number of anilines is 1. The van der Waals surface area contributed by atoms with Gasteiger partial charge in [0, 0.05) is 56.5 Å². The van der Waals surface area contributed by atoms with Crippen LogP contribution in [0.4, 0.5) is 5.69 Å². The highest BCUT2D eigenvalue weighted by Crippen LogP contribution is 2.33. The zero-order valence-corrected chi connectivity index (χ0v) is 37.4. The lowest BCUT2D eigenvalue weighted by atomic mass is 9.98. The van der Waals surface area contributed by atoms with Gasteiger partial charge in [0.15, 0.2) is 0 Å². The van der Waals surface area contributed by atoms with E-state index in [-0.39, 0.29) is 106 Å². The van der Waals surface area contributed by atoms with Crippen molar-refractivity contribution in [1.82, 2.24) is 35.8 Å². The second-order valence-electron chi connectivity index (χ2n) is 16.0. The highest BCUT2D eigenvalue weighted by Gasteiger charge is 2.45. The number of nitrogens with one attached hydrogen (secondary N) is 6. The molecule has 4 atom stereocenters. The standard InChI is InChI=1S/C44H52N8O11S2/c1-65(60,61)51-16-13-31(25-51)40(56)47-24-38(55)50-44-48-34(26-64-44)30-8-3-7-29(22-30)28-6-2-5-27(21-28)23-46-36(53)14-17-62-19-20-63-18-15-45-33-10-4-9-32-39(33)43(59)52(42(32)58)35-11-12-37(54)49-41(35)57/h2-10,21-22,31,34-35,44-45,48H,11-20,23-26H2,1H3,(H,46,53)(H,47,56)(H,50,55)(H,49,54,57). The third kappa shape index (κ3) is 12.2. The topological polar surface area (TPSA) is 251 Å². The molecule has 7 amide bonds. The number of sulfonamides is 1. The number of amides is 7. The SMILES string of the molecule is CS(=O)(=O)N1CCC(C(=O)NCC(=O)NC2NC(c3cccc(-c4cccc(CNC(=O)CCOCCOCCNc5cccc6c5C(=O)N(C5CCC(=O)NC5=O)C6=O)c4)c3)CS2)C1. The molecule has 0 aliphatic carbocycles. The quantitative estimate of drug-likeness (QED) is 0.0686. The molecular formula is C44H52N8O11S2. The molecule has 0 spiro atoms. The van der Waals surface area contributed by atoms with Crippen LogP contribution < -0.4 is 31.9 Å². The summed E-state index contributed by atoms with van der Waals surface area (Å²) in [7, 11) is -3.36. The van der Waals surface area contributed by atoms with Crippen molar-refractivity contribution in [3.05, 3.63) is 89.0 Å². The fourth-order valence-electron chi connectivity index (χ4n) is 7.99. The van der Waals surface area contributed by atoms with Gasteiger partial charge in [-0.1, -0.05) is 42.5 Å². The summed E-state index contributed by atoms with van der Waals surface area (Å²) >= 11 is 1.55. The molecule has 3 fully saturated rings. The molecule has 21 heteroatoms. The molecule has 65 heavy (non-hydrogen) atoms. The number of ether oxygens (including phenoxy) is 2. The normalized spacial score (nSPS) is 21.0. The number of hydrogen-bond acceptors (Lipinski definition) is 14. The molecule has 3 saturated heterocycles. The molecule has 0 radical (unpaired) electrons. The van der Waals surface area contributed by atoms with Crippen LogP contribution in [0.3, 0.4) is 0 Å². The minimum atomic E-state index is -3.36. The van der Waals surface area contributed by atoms with Crippen molar-refractivity contribution in [1.29, 1.82) is 0 Å². The number of piperidine rings is 1. The summed E-state index contributed by atoms with van der Waals surface area (Å²) in [6.45, 7) is 1.89. The van der Waals surface area contributed by atoms with Crippen LogP contribution in [0, 0.1) is 5.92 Å². The number of imide groups is 2. The molecule has 3 aromatic rings. The minimum Gasteiger partial charge on any atom is -0.382 e. The first kappa shape index (κ1) is 47.3. The van der Waals surface area contributed by atoms with E-state index in [1.807, 2.05) is 42.5 Å². The van der Waals surface area contributed by atoms with E-state index in [0.717, 1.165) is 33.4 Å². The van der Waals surface area contributed by atoms with Crippen LogP contribution in [0.2, 0.25) is 0 Å². The summed E-state index contributed by atoms with van der Waals surface area (Å²) in [5.41, 5.74) is 4.41. The number of fused-ring (bicyclic) bond motifs is 1. The number of carbonyl (C=O) groups excluding carboxylic acids is 7. The van der Waals surface area contributed by atoms with E-state index < -0.39 is 45.6 Å². The van der Waals surface area contributed by atoms with E-state index in [1.54, 1.807) is 23.9 Å². The molecule has 19 nitrogen and oxygen atoms in total. The Morgan fingerprint density at radius 2 is 1.62 bits per heavy atom. The van der Waals surface area contributed by atoms with Gasteiger partial charge < -0.3 is 30.7 Å². The van der Waals surface area contributed by atoms with E-state index in [0.29, 0.717) is 31.0 Å². The van der Waals surface area contributed by atoms with Crippen LogP contribution in [0.25, 0.3) is 11.1 Å². The van der Waals surface area contributed by atoms with Gasteiger partial charge >= 0.3 is 0 Å². The zero-order valence-electron chi connectivity index (χ0n) is 35.8. The van der Waals surface area contributed by atoms with Crippen LogP contribution in [0.5, 0.6) is 0 Å². The first-order valence-corrected chi connectivity index (χ1v) is 24.2. The Morgan fingerprint density at radius 1 is 0.862 bits per heavy atom. The zero-order chi connectivity index (χ0) is 46.1. The largest absolute Gasteiger partial charge is 0.382 e. The molecule has 3 aromatic carbocycles. The summed E-state index contributed by atoms with van der Waals surface area (Å²) in [4.78, 5) is 89.0. The fourth-order valence-corrected chi connectivity index (χ4v) is 10.0. The third-order valence-electron chi connectivity index (χ3n) is 11.4. The fraction of sp³-hybridized carbons (Fsp3) is 0.432. The van der Waals surface area contributed by atoms with Crippen molar-refractivity contribution in [3.63, 3.8) is 0 Å². The number of rotatable bonds is 20. The lowest BCUT2D eigenvalue weighted by Gasteiger charge is -2.27. The van der Waals surface area contributed by atoms with Gasteiger partial charge in [0.05, 0.1) is 56.3 Å². The molecule has 4 aliphatic heterocycles. The van der Waals surface area contributed by atoms with E-state index in [2.05, 4.69) is 38.0 Å². The predicted molar refractivity (Wildman–Crippen MR) is 239 cm³/mol. The van der Waals surface area contributed by atoms with Crippen molar-refractivity contribution in [3.8, 4) is 11.1 Å². The maximum atomic E-state index is 13.3. The van der Waals surface area contributed by atoms with Crippen molar-refractivity contribution >= 4 is 68.8 Å². The number of hydrogen-bond donors (Lipinski definition) is 6. The molecule has 0 saturated carbocycles. The average Bonchev–Trinajstić information content (AvgIpc) is 4.04. The van der Waals surface area contributed by atoms with Crippen molar-refractivity contribution in [2.75, 3.05) is 69.9 Å². The number of thioether (sulfide) groups is 1. The van der Waals surface area contributed by atoms with E-state index in [4.69, 9.17) is 9.47 Å². The predicted octanol–water partition coefficient (Wildman–Crippen LogP) is 1.08. The van der Waals surface area contributed by atoms with Gasteiger partial charge in [0.2, 0.25) is 39.6 Å². The van der Waals surface area contributed by atoms with Gasteiger partial charge in [-0.05, 0) is 59.4 Å². The first-order chi connectivity index (χ1) is 31.2. The smallest absolute Gasteiger partial charge is 0.264 e. The first-order valence-electron chi connectivity index (χ1n) is 21.3. The summed E-state index contributed by atoms with van der Waals surface area (Å²) in [5, 5.41) is 17.2.